The van der Waals surface area contributed by atoms with Gasteiger partial charge in [-0.3, -0.25) is 4.79 Å². The highest BCUT2D eigenvalue weighted by atomic mass is 16.2. The summed E-state index contributed by atoms with van der Waals surface area (Å²) in [6.07, 6.45) is 0. The monoisotopic (exact) mass is 274 g/mol. The molecule has 0 atom stereocenters. The highest BCUT2D eigenvalue weighted by Gasteiger charge is 2.12. The molecule has 0 bridgehead atoms. The van der Waals surface area contributed by atoms with Crippen molar-refractivity contribution >= 4 is 11.9 Å². The lowest BCUT2D eigenvalue weighted by atomic mass is 10.3. The van der Waals surface area contributed by atoms with Crippen LogP contribution in [0.15, 0.2) is 30.3 Å². The number of carbonyl (C=O) groups excluding carboxylic acids is 1. The summed E-state index contributed by atoms with van der Waals surface area (Å²) in [5, 5.41) is 14.4. The largest absolute Gasteiger partial charge is 0.344 e. The van der Waals surface area contributed by atoms with Crippen molar-refractivity contribution in [3.05, 3.63) is 30.3 Å². The van der Waals surface area contributed by atoms with Crippen molar-refractivity contribution < 1.29 is 4.79 Å². The molecular formula is C13H18N6O. The molecule has 2 rings (SSSR count). The van der Waals surface area contributed by atoms with Gasteiger partial charge in [0.05, 0.1) is 12.2 Å². The van der Waals surface area contributed by atoms with E-state index in [2.05, 4.69) is 20.8 Å². The molecule has 0 aliphatic heterocycles. The first-order chi connectivity index (χ1) is 9.76. The molecule has 0 saturated carbocycles. The Labute approximate surface area is 117 Å². The zero-order valence-corrected chi connectivity index (χ0v) is 11.7. The van der Waals surface area contributed by atoms with E-state index in [0.29, 0.717) is 19.0 Å². The van der Waals surface area contributed by atoms with Gasteiger partial charge in [0.2, 0.25) is 11.9 Å². The fraction of sp³-hybridized carbons (Fsp3) is 0.385. The maximum Gasteiger partial charge on any atom is 0.248 e. The average molecular weight is 274 g/mol. The van der Waals surface area contributed by atoms with Gasteiger partial charge in [-0.05, 0) is 36.4 Å². The molecule has 7 nitrogen and oxygen atoms in total. The number of tetrazole rings is 1. The molecule has 20 heavy (non-hydrogen) atoms. The van der Waals surface area contributed by atoms with Gasteiger partial charge >= 0.3 is 0 Å². The summed E-state index contributed by atoms with van der Waals surface area (Å²) in [6, 6.07) is 9.52. The molecule has 2 aromatic rings. The standard InChI is InChI=1S/C13H18N6O/c1-3-18(4-2)12(20)10-14-13-15-16-17-19(13)11-8-6-5-7-9-11/h5-9H,3-4,10H2,1-2H3,(H,14,15,17). The molecule has 0 spiro atoms. The van der Waals surface area contributed by atoms with Crippen LogP contribution in [0.1, 0.15) is 13.8 Å². The van der Waals surface area contributed by atoms with Crippen LogP contribution in [-0.4, -0.2) is 50.6 Å². The molecule has 1 N–H and O–H groups in total. The lowest BCUT2D eigenvalue weighted by Gasteiger charge is -2.18. The number of nitrogens with zero attached hydrogens (tertiary/aromatic N) is 5. The van der Waals surface area contributed by atoms with Crippen LogP contribution in [0.5, 0.6) is 0 Å². The van der Waals surface area contributed by atoms with Crippen LogP contribution >= 0.6 is 0 Å². The van der Waals surface area contributed by atoms with Gasteiger partial charge in [-0.15, -0.1) is 0 Å². The molecule has 0 fully saturated rings. The number of anilines is 1. The summed E-state index contributed by atoms with van der Waals surface area (Å²) in [5.41, 5.74) is 0.843. The van der Waals surface area contributed by atoms with Gasteiger partial charge < -0.3 is 10.2 Å². The maximum absolute atomic E-state index is 11.9. The third-order valence-electron chi connectivity index (χ3n) is 2.98. The van der Waals surface area contributed by atoms with Gasteiger partial charge in [-0.25, -0.2) is 0 Å². The van der Waals surface area contributed by atoms with E-state index in [1.165, 1.54) is 0 Å². The molecule has 1 amide bonds. The van der Waals surface area contributed by atoms with Crippen molar-refractivity contribution in [1.82, 2.24) is 25.1 Å². The second-order valence-electron chi connectivity index (χ2n) is 4.17. The first kappa shape index (κ1) is 14.0. The highest BCUT2D eigenvalue weighted by molar-refractivity contribution is 5.80. The van der Waals surface area contributed by atoms with Crippen LogP contribution in [0, 0.1) is 0 Å². The van der Waals surface area contributed by atoms with Crippen LogP contribution in [0.4, 0.5) is 5.95 Å². The van der Waals surface area contributed by atoms with Crippen molar-refractivity contribution in [1.29, 1.82) is 0 Å². The summed E-state index contributed by atoms with van der Waals surface area (Å²) >= 11 is 0. The zero-order chi connectivity index (χ0) is 14.4. The Bertz CT molecular complexity index is 549. The summed E-state index contributed by atoms with van der Waals surface area (Å²) in [7, 11) is 0. The normalized spacial score (nSPS) is 10.3. The number of para-hydroxylation sites is 1. The minimum absolute atomic E-state index is 0.0256. The second kappa shape index (κ2) is 6.65. The predicted octanol–water partition coefficient (Wildman–Crippen LogP) is 0.943. The van der Waals surface area contributed by atoms with E-state index in [4.69, 9.17) is 0 Å². The van der Waals surface area contributed by atoms with Crippen LogP contribution in [0.25, 0.3) is 5.69 Å². The Hall–Kier alpha value is -2.44. The molecule has 7 heteroatoms. The number of rotatable bonds is 6. The SMILES string of the molecule is CCN(CC)C(=O)CNc1nnnn1-c1ccccc1. The quantitative estimate of drug-likeness (QED) is 0.848. The van der Waals surface area contributed by atoms with E-state index in [1.54, 1.807) is 9.58 Å². The maximum atomic E-state index is 11.9. The third-order valence-corrected chi connectivity index (χ3v) is 2.98. The molecule has 1 heterocycles. The van der Waals surface area contributed by atoms with Gasteiger partial charge in [0.15, 0.2) is 0 Å². The fourth-order valence-corrected chi connectivity index (χ4v) is 1.88. The van der Waals surface area contributed by atoms with E-state index in [9.17, 15) is 4.79 Å². The number of hydrogen-bond donors (Lipinski definition) is 1. The van der Waals surface area contributed by atoms with Gasteiger partial charge in [0.25, 0.3) is 0 Å². The van der Waals surface area contributed by atoms with Crippen LogP contribution in [0.3, 0.4) is 0 Å². The summed E-state index contributed by atoms with van der Waals surface area (Å²) in [6.45, 7) is 5.47. The topological polar surface area (TPSA) is 75.9 Å². The second-order valence-corrected chi connectivity index (χ2v) is 4.17. The van der Waals surface area contributed by atoms with E-state index < -0.39 is 0 Å². The predicted molar refractivity (Wildman–Crippen MR) is 75.6 cm³/mol. The fourth-order valence-electron chi connectivity index (χ4n) is 1.88. The highest BCUT2D eigenvalue weighted by Crippen LogP contribution is 2.10. The Morgan fingerprint density at radius 1 is 1.25 bits per heavy atom. The summed E-state index contributed by atoms with van der Waals surface area (Å²) < 4.78 is 1.56. The minimum Gasteiger partial charge on any atom is -0.344 e. The van der Waals surface area contributed by atoms with Crippen molar-refractivity contribution in [2.45, 2.75) is 13.8 Å². The summed E-state index contributed by atoms with van der Waals surface area (Å²) in [5.74, 6) is 0.481. The van der Waals surface area contributed by atoms with E-state index in [1.807, 2.05) is 44.2 Å². The zero-order valence-electron chi connectivity index (χ0n) is 11.7. The molecule has 1 aromatic heterocycles. The van der Waals surface area contributed by atoms with Gasteiger partial charge in [-0.1, -0.05) is 23.3 Å². The van der Waals surface area contributed by atoms with Crippen molar-refractivity contribution in [2.75, 3.05) is 25.0 Å². The molecule has 106 valence electrons. The Morgan fingerprint density at radius 2 is 1.95 bits per heavy atom. The van der Waals surface area contributed by atoms with Crippen LogP contribution < -0.4 is 5.32 Å². The van der Waals surface area contributed by atoms with E-state index in [-0.39, 0.29) is 12.5 Å². The number of hydrogen-bond acceptors (Lipinski definition) is 5. The number of likely N-dealkylation sites (N-methyl/N-ethyl adjacent to an activating group) is 1. The number of benzene rings is 1. The Balaban J connectivity index is 2.05. The first-order valence-electron chi connectivity index (χ1n) is 6.61. The van der Waals surface area contributed by atoms with Crippen molar-refractivity contribution in [2.24, 2.45) is 0 Å². The number of aromatic nitrogens is 4. The summed E-state index contributed by atoms with van der Waals surface area (Å²) in [4.78, 5) is 13.7. The Kier molecular flexibility index (Phi) is 4.65. The molecule has 0 aliphatic rings. The number of amides is 1. The lowest BCUT2D eigenvalue weighted by molar-refractivity contribution is -0.128. The molecule has 1 aromatic carbocycles. The third kappa shape index (κ3) is 3.11. The van der Waals surface area contributed by atoms with Crippen LogP contribution in [0.2, 0.25) is 0 Å². The lowest BCUT2D eigenvalue weighted by Crippen LogP contribution is -2.35. The number of nitrogens with one attached hydrogen (secondary N) is 1. The smallest absolute Gasteiger partial charge is 0.248 e. The Morgan fingerprint density at radius 3 is 2.60 bits per heavy atom. The van der Waals surface area contributed by atoms with Gasteiger partial charge in [-0.2, -0.15) is 4.68 Å². The number of carbonyl (C=O) groups is 1. The van der Waals surface area contributed by atoms with E-state index in [0.717, 1.165) is 5.69 Å². The molecular weight excluding hydrogens is 256 g/mol. The van der Waals surface area contributed by atoms with Crippen molar-refractivity contribution in [3.63, 3.8) is 0 Å². The molecule has 0 unspecified atom stereocenters. The van der Waals surface area contributed by atoms with Crippen LogP contribution in [-0.2, 0) is 4.79 Å². The molecule has 0 aliphatic carbocycles. The minimum atomic E-state index is 0.0256. The first-order valence-corrected chi connectivity index (χ1v) is 6.61. The van der Waals surface area contributed by atoms with Crippen molar-refractivity contribution in [3.8, 4) is 5.69 Å². The van der Waals surface area contributed by atoms with Gasteiger partial charge in [0, 0.05) is 13.1 Å². The van der Waals surface area contributed by atoms with E-state index >= 15 is 0 Å². The molecule has 0 saturated heterocycles. The van der Waals surface area contributed by atoms with Gasteiger partial charge in [0.1, 0.15) is 0 Å². The molecule has 0 radical (unpaired) electrons. The average Bonchev–Trinajstić information content (AvgIpc) is 2.95.